The first kappa shape index (κ1) is 30.7. The van der Waals surface area contributed by atoms with Crippen molar-refractivity contribution in [1.29, 1.82) is 0 Å². The summed E-state index contributed by atoms with van der Waals surface area (Å²) in [5, 5.41) is 2.89. The fraction of sp³-hybridized carbons (Fsp3) is 0.355. The van der Waals surface area contributed by atoms with E-state index in [1.54, 1.807) is 56.5 Å². The van der Waals surface area contributed by atoms with Crippen molar-refractivity contribution in [2.24, 2.45) is 0 Å². The van der Waals surface area contributed by atoms with E-state index < -0.39 is 28.5 Å². The van der Waals surface area contributed by atoms with Gasteiger partial charge in [0.2, 0.25) is 11.8 Å². The predicted molar refractivity (Wildman–Crippen MR) is 158 cm³/mol. The number of sulfonamides is 1. The number of nitrogens with one attached hydrogen (secondary N) is 1. The maximum atomic E-state index is 14.0. The summed E-state index contributed by atoms with van der Waals surface area (Å²) in [5.74, 6) is -0.119. The van der Waals surface area contributed by atoms with Gasteiger partial charge in [-0.15, -0.1) is 0 Å². The molecule has 3 aromatic carbocycles. The number of benzene rings is 3. The summed E-state index contributed by atoms with van der Waals surface area (Å²) < 4.78 is 34.1. The van der Waals surface area contributed by atoms with Crippen LogP contribution in [0.3, 0.4) is 0 Å². The Morgan fingerprint density at radius 3 is 2.23 bits per heavy atom. The third-order valence-corrected chi connectivity index (χ3v) is 8.47. The van der Waals surface area contributed by atoms with Crippen LogP contribution in [0, 0.1) is 13.8 Å². The lowest BCUT2D eigenvalue weighted by molar-refractivity contribution is -0.139. The maximum Gasteiger partial charge on any atom is 0.264 e. The number of aryl methyl sites for hydroxylation is 2. The highest BCUT2D eigenvalue weighted by Crippen LogP contribution is 2.26. The number of nitrogens with zero attached hydrogens (tertiary/aromatic N) is 2. The molecule has 2 amide bonds. The lowest BCUT2D eigenvalue weighted by atomic mass is 10.1. The Kier molecular flexibility index (Phi) is 10.7. The van der Waals surface area contributed by atoms with Crippen molar-refractivity contribution in [2.75, 3.05) is 24.5 Å². The number of ether oxygens (including phenoxy) is 1. The molecule has 3 rings (SSSR count). The molecule has 8 nitrogen and oxygen atoms in total. The summed E-state index contributed by atoms with van der Waals surface area (Å²) in [4.78, 5) is 28.5. The largest absolute Gasteiger partial charge is 0.497 e. The highest BCUT2D eigenvalue weighted by Gasteiger charge is 2.32. The van der Waals surface area contributed by atoms with Crippen LogP contribution >= 0.6 is 0 Å². The van der Waals surface area contributed by atoms with E-state index in [0.717, 1.165) is 33.8 Å². The second-order valence-corrected chi connectivity index (χ2v) is 11.7. The van der Waals surface area contributed by atoms with E-state index in [4.69, 9.17) is 4.74 Å². The number of amides is 2. The van der Waals surface area contributed by atoms with Gasteiger partial charge in [0.15, 0.2) is 0 Å². The minimum atomic E-state index is -4.09. The quantitative estimate of drug-likeness (QED) is 0.299. The molecule has 3 aromatic rings. The molecular weight excluding hydrogens is 526 g/mol. The highest BCUT2D eigenvalue weighted by atomic mass is 32.2. The van der Waals surface area contributed by atoms with Crippen LogP contribution in [0.25, 0.3) is 0 Å². The average molecular weight is 566 g/mol. The van der Waals surface area contributed by atoms with Crippen LogP contribution in [0.2, 0.25) is 0 Å². The molecule has 0 aliphatic carbocycles. The Balaban J connectivity index is 1.99. The zero-order valence-electron chi connectivity index (χ0n) is 23.9. The maximum absolute atomic E-state index is 14.0. The van der Waals surface area contributed by atoms with E-state index in [1.807, 2.05) is 39.0 Å². The Hall–Kier alpha value is -3.85. The van der Waals surface area contributed by atoms with E-state index in [2.05, 4.69) is 5.32 Å². The number of hydrogen-bond donors (Lipinski definition) is 1. The molecule has 0 fully saturated rings. The first-order valence-electron chi connectivity index (χ1n) is 13.4. The zero-order chi connectivity index (χ0) is 29.3. The molecule has 0 bridgehead atoms. The van der Waals surface area contributed by atoms with Crippen molar-refractivity contribution >= 4 is 27.5 Å². The molecule has 0 aromatic heterocycles. The summed E-state index contributed by atoms with van der Waals surface area (Å²) in [5.41, 5.74) is 2.93. The van der Waals surface area contributed by atoms with Gasteiger partial charge in [-0.05, 0) is 74.7 Å². The van der Waals surface area contributed by atoms with Gasteiger partial charge in [0.05, 0.1) is 17.7 Å². The lowest BCUT2D eigenvalue weighted by Crippen LogP contribution is -2.51. The molecule has 0 heterocycles. The molecule has 214 valence electrons. The van der Waals surface area contributed by atoms with Gasteiger partial charge >= 0.3 is 0 Å². The van der Waals surface area contributed by atoms with Gasteiger partial charge in [-0.2, -0.15) is 0 Å². The summed E-state index contributed by atoms with van der Waals surface area (Å²) in [7, 11) is -2.52. The topological polar surface area (TPSA) is 96.0 Å². The zero-order valence-corrected chi connectivity index (χ0v) is 24.7. The number of methoxy groups -OCH3 is 1. The van der Waals surface area contributed by atoms with Gasteiger partial charge in [-0.1, -0.05) is 55.3 Å². The average Bonchev–Trinajstić information content (AvgIpc) is 2.94. The number of unbranched alkanes of at least 4 members (excludes halogenated alkanes) is 1. The molecular formula is C31H39N3O5S. The van der Waals surface area contributed by atoms with Crippen LogP contribution < -0.4 is 14.4 Å². The molecule has 1 atom stereocenters. The van der Waals surface area contributed by atoms with Gasteiger partial charge in [-0.25, -0.2) is 8.42 Å². The first-order valence-corrected chi connectivity index (χ1v) is 14.9. The summed E-state index contributed by atoms with van der Waals surface area (Å²) in [6.45, 7) is 7.59. The number of carbonyl (C=O) groups is 2. The third kappa shape index (κ3) is 7.85. The predicted octanol–water partition coefficient (Wildman–Crippen LogP) is 4.84. The molecule has 0 aliphatic rings. The van der Waals surface area contributed by atoms with Gasteiger partial charge in [-0.3, -0.25) is 13.9 Å². The van der Waals surface area contributed by atoms with Crippen molar-refractivity contribution in [3.8, 4) is 5.75 Å². The highest BCUT2D eigenvalue weighted by molar-refractivity contribution is 7.92. The molecule has 0 radical (unpaired) electrons. The fourth-order valence-electron chi connectivity index (χ4n) is 4.20. The second kappa shape index (κ2) is 14.0. The van der Waals surface area contributed by atoms with Crippen molar-refractivity contribution < 1.29 is 22.7 Å². The SMILES string of the molecule is CCCCNC(=O)C(C)N(Cc1ccc(OC)cc1)C(=O)CN(c1cccc(C)c1)S(=O)(=O)c1ccc(C)cc1. The lowest BCUT2D eigenvalue weighted by Gasteiger charge is -2.32. The van der Waals surface area contributed by atoms with E-state index in [1.165, 1.54) is 17.0 Å². The Morgan fingerprint density at radius 2 is 1.62 bits per heavy atom. The molecule has 9 heteroatoms. The standard InChI is InChI=1S/C31H39N3O5S/c1-6-7-19-32-31(36)25(4)33(21-26-13-15-28(39-5)16-14-26)30(35)22-34(27-10-8-9-24(3)20-27)40(37,38)29-17-11-23(2)12-18-29/h8-18,20,25H,6-7,19,21-22H2,1-5H3,(H,32,36). The van der Waals surface area contributed by atoms with Gasteiger partial charge < -0.3 is 15.0 Å². The van der Waals surface area contributed by atoms with E-state index in [0.29, 0.717) is 18.0 Å². The molecule has 1 N–H and O–H groups in total. The molecule has 0 saturated heterocycles. The van der Waals surface area contributed by atoms with Crippen LogP contribution in [-0.2, 0) is 26.2 Å². The number of anilines is 1. The Bertz CT molecular complexity index is 1390. The molecule has 0 spiro atoms. The van der Waals surface area contributed by atoms with Crippen molar-refractivity contribution in [3.05, 3.63) is 89.5 Å². The van der Waals surface area contributed by atoms with Crippen LogP contribution in [0.15, 0.2) is 77.7 Å². The molecule has 0 aliphatic heterocycles. The van der Waals surface area contributed by atoms with Gasteiger partial charge in [0.1, 0.15) is 18.3 Å². The molecule has 0 saturated carbocycles. The summed E-state index contributed by atoms with van der Waals surface area (Å²) in [6.07, 6.45) is 1.74. The van der Waals surface area contributed by atoms with Gasteiger partial charge in [0.25, 0.3) is 10.0 Å². The second-order valence-electron chi connectivity index (χ2n) is 9.85. The Morgan fingerprint density at radius 1 is 0.950 bits per heavy atom. The minimum Gasteiger partial charge on any atom is -0.497 e. The van der Waals surface area contributed by atoms with E-state index >= 15 is 0 Å². The first-order chi connectivity index (χ1) is 19.1. The fourth-order valence-corrected chi connectivity index (χ4v) is 5.60. The van der Waals surface area contributed by atoms with Crippen molar-refractivity contribution in [2.45, 2.75) is 58.0 Å². The van der Waals surface area contributed by atoms with Crippen LogP contribution in [0.1, 0.15) is 43.4 Å². The summed E-state index contributed by atoms with van der Waals surface area (Å²) >= 11 is 0. The van der Waals surface area contributed by atoms with Crippen molar-refractivity contribution in [1.82, 2.24) is 10.2 Å². The summed E-state index contributed by atoms with van der Waals surface area (Å²) in [6, 6.07) is 19.9. The van der Waals surface area contributed by atoms with E-state index in [9.17, 15) is 18.0 Å². The Labute approximate surface area is 238 Å². The monoisotopic (exact) mass is 565 g/mol. The smallest absolute Gasteiger partial charge is 0.264 e. The van der Waals surface area contributed by atoms with Crippen LogP contribution in [0.4, 0.5) is 5.69 Å². The molecule has 1 unspecified atom stereocenters. The van der Waals surface area contributed by atoms with Crippen LogP contribution in [-0.4, -0.2) is 51.4 Å². The van der Waals surface area contributed by atoms with Crippen molar-refractivity contribution in [3.63, 3.8) is 0 Å². The number of hydrogen-bond acceptors (Lipinski definition) is 5. The normalized spacial score (nSPS) is 11.9. The number of carbonyl (C=O) groups excluding carboxylic acids is 2. The minimum absolute atomic E-state index is 0.0828. The van der Waals surface area contributed by atoms with Crippen LogP contribution in [0.5, 0.6) is 5.75 Å². The van der Waals surface area contributed by atoms with E-state index in [-0.39, 0.29) is 17.3 Å². The third-order valence-electron chi connectivity index (χ3n) is 6.69. The van der Waals surface area contributed by atoms with Gasteiger partial charge in [0, 0.05) is 13.1 Å². The number of rotatable bonds is 13. The molecule has 40 heavy (non-hydrogen) atoms.